The quantitative estimate of drug-likeness (QED) is 0.493. The third-order valence-corrected chi connectivity index (χ3v) is 4.58. The molecule has 0 atom stereocenters. The molecular formula is C17H29N3O4. The molecule has 2 N–H and O–H groups in total. The van der Waals surface area contributed by atoms with Gasteiger partial charge in [0.15, 0.2) is 0 Å². The van der Waals surface area contributed by atoms with E-state index in [0.29, 0.717) is 32.5 Å². The number of hydrogen-bond acceptors (Lipinski definition) is 4. The van der Waals surface area contributed by atoms with E-state index < -0.39 is 5.54 Å². The summed E-state index contributed by atoms with van der Waals surface area (Å²) in [6.07, 6.45) is 5.19. The van der Waals surface area contributed by atoms with E-state index in [2.05, 4.69) is 10.6 Å². The fourth-order valence-corrected chi connectivity index (χ4v) is 3.30. The van der Waals surface area contributed by atoms with E-state index in [1.54, 1.807) is 0 Å². The summed E-state index contributed by atoms with van der Waals surface area (Å²) < 4.78 is 5.40. The molecule has 1 saturated carbocycles. The number of hydrogen-bond donors (Lipinski definition) is 2. The highest BCUT2D eigenvalue weighted by molar-refractivity contribution is 6.07. The molecule has 1 spiro atoms. The van der Waals surface area contributed by atoms with Crippen molar-refractivity contribution >= 4 is 17.8 Å². The lowest BCUT2D eigenvalue weighted by Crippen LogP contribution is -2.44. The Bertz CT molecular complexity index is 472. The van der Waals surface area contributed by atoms with Crippen molar-refractivity contribution in [3.63, 3.8) is 0 Å². The molecule has 2 rings (SSSR count). The van der Waals surface area contributed by atoms with Crippen LogP contribution < -0.4 is 10.6 Å². The Kier molecular flexibility index (Phi) is 6.60. The zero-order valence-electron chi connectivity index (χ0n) is 14.7. The third-order valence-electron chi connectivity index (χ3n) is 4.58. The molecule has 0 aromatic heterocycles. The number of carbonyl (C=O) groups is 3. The highest BCUT2D eigenvalue weighted by Gasteiger charge is 2.51. The van der Waals surface area contributed by atoms with Gasteiger partial charge >= 0.3 is 6.03 Å². The lowest BCUT2D eigenvalue weighted by Gasteiger charge is -2.19. The van der Waals surface area contributed by atoms with Crippen LogP contribution in [0.4, 0.5) is 4.79 Å². The molecule has 7 heteroatoms. The normalized spacial score (nSPS) is 19.4. The second kappa shape index (κ2) is 8.46. The summed E-state index contributed by atoms with van der Waals surface area (Å²) in [5, 5.41) is 5.68. The lowest BCUT2D eigenvalue weighted by molar-refractivity contribution is -0.131. The molecular weight excluding hydrogens is 310 g/mol. The van der Waals surface area contributed by atoms with Crippen LogP contribution in [-0.2, 0) is 14.3 Å². The molecule has 24 heavy (non-hydrogen) atoms. The molecule has 2 fully saturated rings. The maximum atomic E-state index is 12.4. The summed E-state index contributed by atoms with van der Waals surface area (Å²) >= 11 is 0. The minimum Gasteiger partial charge on any atom is -0.379 e. The van der Waals surface area contributed by atoms with E-state index in [-0.39, 0.29) is 23.9 Å². The fourth-order valence-electron chi connectivity index (χ4n) is 3.30. The van der Waals surface area contributed by atoms with Gasteiger partial charge in [0.2, 0.25) is 5.91 Å². The van der Waals surface area contributed by atoms with Crippen molar-refractivity contribution in [3.05, 3.63) is 0 Å². The second-order valence-corrected chi connectivity index (χ2v) is 6.90. The predicted octanol–water partition coefficient (Wildman–Crippen LogP) is 1.56. The van der Waals surface area contributed by atoms with Gasteiger partial charge in [-0.2, -0.15) is 0 Å². The number of amides is 4. The van der Waals surface area contributed by atoms with Gasteiger partial charge in [-0.1, -0.05) is 12.8 Å². The van der Waals surface area contributed by atoms with Gasteiger partial charge in [-0.25, -0.2) is 4.79 Å². The van der Waals surface area contributed by atoms with Crippen molar-refractivity contribution in [2.45, 2.75) is 70.4 Å². The van der Waals surface area contributed by atoms with Crippen LogP contribution in [0, 0.1) is 0 Å². The molecule has 7 nitrogen and oxygen atoms in total. The minimum atomic E-state index is -0.657. The first-order valence-corrected chi connectivity index (χ1v) is 8.97. The smallest absolute Gasteiger partial charge is 0.325 e. The highest BCUT2D eigenvalue weighted by Crippen LogP contribution is 2.35. The molecule has 0 radical (unpaired) electrons. The molecule has 0 aromatic carbocycles. The summed E-state index contributed by atoms with van der Waals surface area (Å²) in [5.41, 5.74) is -0.657. The summed E-state index contributed by atoms with van der Waals surface area (Å²) in [4.78, 5) is 37.5. The molecule has 0 aromatic rings. The molecule has 2 aliphatic rings. The summed E-state index contributed by atoms with van der Waals surface area (Å²) in [6.45, 7) is 5.46. The number of rotatable bonds is 9. The van der Waals surface area contributed by atoms with Crippen molar-refractivity contribution in [2.75, 3.05) is 19.7 Å². The first kappa shape index (κ1) is 18.7. The lowest BCUT2D eigenvalue weighted by atomic mass is 9.98. The number of urea groups is 1. The standard InChI is InChI=1S/C17H29N3O4/c1-13(2)24-12-6-10-18-14(21)7-5-11-20-15(22)17(19-16(20)23)8-3-4-9-17/h13H,3-12H2,1-2H3,(H,18,21)(H,19,23). The molecule has 136 valence electrons. The van der Waals surface area contributed by atoms with Crippen LogP contribution in [0.15, 0.2) is 0 Å². The van der Waals surface area contributed by atoms with Crippen LogP contribution in [0.25, 0.3) is 0 Å². The van der Waals surface area contributed by atoms with Gasteiger partial charge in [0.05, 0.1) is 6.10 Å². The zero-order valence-corrected chi connectivity index (χ0v) is 14.7. The Balaban J connectivity index is 1.62. The Morgan fingerprint density at radius 2 is 2.00 bits per heavy atom. The van der Waals surface area contributed by atoms with Gasteiger partial charge in [0, 0.05) is 26.1 Å². The largest absolute Gasteiger partial charge is 0.379 e. The maximum absolute atomic E-state index is 12.4. The highest BCUT2D eigenvalue weighted by atomic mass is 16.5. The number of nitrogens with zero attached hydrogens (tertiary/aromatic N) is 1. The molecule has 1 aliphatic carbocycles. The molecule has 1 heterocycles. The number of carbonyl (C=O) groups excluding carboxylic acids is 3. The van der Waals surface area contributed by atoms with Crippen molar-refractivity contribution in [3.8, 4) is 0 Å². The minimum absolute atomic E-state index is 0.0535. The van der Waals surface area contributed by atoms with Gasteiger partial charge in [-0.3, -0.25) is 14.5 Å². The van der Waals surface area contributed by atoms with Crippen LogP contribution in [0.3, 0.4) is 0 Å². The van der Waals surface area contributed by atoms with Gasteiger partial charge < -0.3 is 15.4 Å². The number of imide groups is 1. The Morgan fingerprint density at radius 1 is 1.29 bits per heavy atom. The van der Waals surface area contributed by atoms with E-state index in [1.165, 1.54) is 4.90 Å². The Hall–Kier alpha value is -1.63. The topological polar surface area (TPSA) is 87.7 Å². The fraction of sp³-hybridized carbons (Fsp3) is 0.824. The van der Waals surface area contributed by atoms with Crippen LogP contribution >= 0.6 is 0 Å². The third kappa shape index (κ3) is 4.69. The monoisotopic (exact) mass is 339 g/mol. The van der Waals surface area contributed by atoms with Crippen LogP contribution in [0.1, 0.15) is 58.8 Å². The van der Waals surface area contributed by atoms with Crippen molar-refractivity contribution < 1.29 is 19.1 Å². The molecule has 0 bridgehead atoms. The van der Waals surface area contributed by atoms with Crippen LogP contribution in [0.2, 0.25) is 0 Å². The van der Waals surface area contributed by atoms with Gasteiger partial charge in [0.1, 0.15) is 5.54 Å². The zero-order chi connectivity index (χ0) is 17.6. The van der Waals surface area contributed by atoms with Gasteiger partial charge in [-0.05, 0) is 39.5 Å². The second-order valence-electron chi connectivity index (χ2n) is 6.90. The molecule has 1 aliphatic heterocycles. The predicted molar refractivity (Wildman–Crippen MR) is 89.4 cm³/mol. The van der Waals surface area contributed by atoms with E-state index in [1.807, 2.05) is 13.8 Å². The maximum Gasteiger partial charge on any atom is 0.325 e. The van der Waals surface area contributed by atoms with Crippen molar-refractivity contribution in [2.24, 2.45) is 0 Å². The summed E-state index contributed by atoms with van der Waals surface area (Å²) in [5.74, 6) is -0.168. The molecule has 0 unspecified atom stereocenters. The van der Waals surface area contributed by atoms with Crippen molar-refractivity contribution in [1.82, 2.24) is 15.5 Å². The number of ether oxygens (including phenoxy) is 1. The molecule has 1 saturated heterocycles. The average molecular weight is 339 g/mol. The van der Waals surface area contributed by atoms with Crippen LogP contribution in [0.5, 0.6) is 0 Å². The van der Waals surface area contributed by atoms with E-state index in [0.717, 1.165) is 32.1 Å². The Labute approximate surface area is 143 Å². The van der Waals surface area contributed by atoms with Gasteiger partial charge in [0.25, 0.3) is 5.91 Å². The SMILES string of the molecule is CC(C)OCCCNC(=O)CCCN1C(=O)NC2(CCCC2)C1=O. The van der Waals surface area contributed by atoms with Crippen molar-refractivity contribution in [1.29, 1.82) is 0 Å². The van der Waals surface area contributed by atoms with E-state index in [9.17, 15) is 14.4 Å². The number of nitrogens with one attached hydrogen (secondary N) is 2. The summed E-state index contributed by atoms with van der Waals surface area (Å²) in [6, 6.07) is -0.312. The average Bonchev–Trinajstić information content (AvgIpc) is 3.07. The van der Waals surface area contributed by atoms with Gasteiger partial charge in [-0.15, -0.1) is 0 Å². The Morgan fingerprint density at radius 3 is 2.67 bits per heavy atom. The first-order valence-electron chi connectivity index (χ1n) is 8.97. The summed E-state index contributed by atoms with van der Waals surface area (Å²) in [7, 11) is 0. The molecule has 4 amide bonds. The van der Waals surface area contributed by atoms with E-state index >= 15 is 0 Å². The van der Waals surface area contributed by atoms with E-state index in [4.69, 9.17) is 4.74 Å². The first-order chi connectivity index (χ1) is 11.4. The van der Waals surface area contributed by atoms with Crippen LogP contribution in [-0.4, -0.2) is 54.1 Å².